The molecule has 0 aromatic heterocycles. The highest BCUT2D eigenvalue weighted by molar-refractivity contribution is 5.26. The Labute approximate surface area is 84.4 Å². The largest absolute Gasteiger partial charge is 0.508 e. The fourth-order valence-electron chi connectivity index (χ4n) is 1.18. The summed E-state index contributed by atoms with van der Waals surface area (Å²) in [5.74, 6) is 0.271. The van der Waals surface area contributed by atoms with Crippen molar-refractivity contribution in [2.75, 3.05) is 6.54 Å². The summed E-state index contributed by atoms with van der Waals surface area (Å²) in [5, 5.41) is 21.7. The highest BCUT2D eigenvalue weighted by Crippen LogP contribution is 2.10. The Bertz CT molecular complexity index is 292. The predicted molar refractivity (Wildman–Crippen MR) is 56.1 cm³/mol. The van der Waals surface area contributed by atoms with Crippen molar-refractivity contribution in [3.63, 3.8) is 0 Å². The van der Waals surface area contributed by atoms with Gasteiger partial charge in [-0.2, -0.15) is 0 Å². The fourth-order valence-corrected chi connectivity index (χ4v) is 1.18. The van der Waals surface area contributed by atoms with Gasteiger partial charge in [0.05, 0.1) is 5.60 Å². The maximum Gasteiger partial charge on any atom is 0.115 e. The summed E-state index contributed by atoms with van der Waals surface area (Å²) < 4.78 is 0. The van der Waals surface area contributed by atoms with Crippen LogP contribution < -0.4 is 5.32 Å². The van der Waals surface area contributed by atoms with Crippen LogP contribution in [0.2, 0.25) is 0 Å². The lowest BCUT2D eigenvalue weighted by molar-refractivity contribution is 0.0795. The van der Waals surface area contributed by atoms with Crippen molar-refractivity contribution in [2.24, 2.45) is 0 Å². The van der Waals surface area contributed by atoms with Gasteiger partial charge in [0.15, 0.2) is 0 Å². The number of aromatic hydroxyl groups is 1. The van der Waals surface area contributed by atoms with E-state index in [1.807, 2.05) is 6.07 Å². The molecule has 0 saturated heterocycles. The Kier molecular flexibility index (Phi) is 3.49. The van der Waals surface area contributed by atoms with Gasteiger partial charge in [0.1, 0.15) is 5.75 Å². The normalized spacial score (nSPS) is 11.6. The Hall–Kier alpha value is -1.06. The predicted octanol–water partition coefficient (Wildman–Crippen LogP) is 1.25. The van der Waals surface area contributed by atoms with Crippen LogP contribution in [0.15, 0.2) is 24.3 Å². The van der Waals surface area contributed by atoms with Gasteiger partial charge in [-0.3, -0.25) is 0 Å². The maximum absolute atomic E-state index is 9.44. The average Bonchev–Trinajstić information content (AvgIpc) is 2.01. The third-order valence-corrected chi connectivity index (χ3v) is 1.80. The molecule has 0 amide bonds. The van der Waals surface area contributed by atoms with Crippen LogP contribution in [-0.2, 0) is 6.54 Å². The lowest BCUT2D eigenvalue weighted by atomic mass is 10.1. The van der Waals surface area contributed by atoms with E-state index >= 15 is 0 Å². The number of hydrogen-bond acceptors (Lipinski definition) is 3. The van der Waals surface area contributed by atoms with Crippen molar-refractivity contribution in [1.29, 1.82) is 0 Å². The minimum atomic E-state index is -0.698. The van der Waals surface area contributed by atoms with Gasteiger partial charge in [-0.15, -0.1) is 0 Å². The number of benzene rings is 1. The van der Waals surface area contributed by atoms with E-state index in [1.54, 1.807) is 32.0 Å². The standard InChI is InChI=1S/C11H17NO2/c1-11(2,14)8-12-7-9-4-3-5-10(13)6-9/h3-6,12-14H,7-8H2,1-2H3. The molecule has 0 aliphatic heterocycles. The van der Waals surface area contributed by atoms with Crippen LogP contribution >= 0.6 is 0 Å². The molecule has 1 rings (SSSR count). The Balaban J connectivity index is 2.39. The lowest BCUT2D eigenvalue weighted by Crippen LogP contribution is -2.34. The van der Waals surface area contributed by atoms with E-state index in [9.17, 15) is 10.2 Å². The zero-order valence-electron chi connectivity index (χ0n) is 8.62. The molecular formula is C11H17NO2. The first kappa shape index (κ1) is 11.0. The SMILES string of the molecule is CC(C)(O)CNCc1cccc(O)c1. The zero-order valence-corrected chi connectivity index (χ0v) is 8.62. The monoisotopic (exact) mass is 195 g/mol. The molecule has 1 aromatic carbocycles. The molecule has 0 radical (unpaired) electrons. The van der Waals surface area contributed by atoms with E-state index in [4.69, 9.17) is 0 Å². The van der Waals surface area contributed by atoms with Crippen molar-refractivity contribution in [1.82, 2.24) is 5.32 Å². The second-order valence-corrected chi connectivity index (χ2v) is 4.09. The van der Waals surface area contributed by atoms with E-state index in [2.05, 4.69) is 5.32 Å². The van der Waals surface area contributed by atoms with Crippen LogP contribution in [0.4, 0.5) is 0 Å². The van der Waals surface area contributed by atoms with Crippen molar-refractivity contribution < 1.29 is 10.2 Å². The van der Waals surface area contributed by atoms with Crippen molar-refractivity contribution in [3.05, 3.63) is 29.8 Å². The molecular weight excluding hydrogens is 178 g/mol. The van der Waals surface area contributed by atoms with Crippen LogP contribution in [0.25, 0.3) is 0 Å². The van der Waals surface area contributed by atoms with Crippen molar-refractivity contribution in [3.8, 4) is 5.75 Å². The maximum atomic E-state index is 9.44. The van der Waals surface area contributed by atoms with Crippen LogP contribution in [-0.4, -0.2) is 22.4 Å². The fraction of sp³-hybridized carbons (Fsp3) is 0.455. The number of rotatable bonds is 4. The Morgan fingerprint density at radius 1 is 1.36 bits per heavy atom. The number of aliphatic hydroxyl groups is 1. The minimum absolute atomic E-state index is 0.271. The summed E-state index contributed by atoms with van der Waals surface area (Å²) in [7, 11) is 0. The highest BCUT2D eigenvalue weighted by Gasteiger charge is 2.10. The summed E-state index contributed by atoms with van der Waals surface area (Å²) in [4.78, 5) is 0. The molecule has 0 aliphatic rings. The number of nitrogens with one attached hydrogen (secondary N) is 1. The van der Waals surface area contributed by atoms with Gasteiger partial charge in [0.25, 0.3) is 0 Å². The van der Waals surface area contributed by atoms with E-state index in [1.165, 1.54) is 0 Å². The molecule has 1 aromatic rings. The van der Waals surface area contributed by atoms with Crippen LogP contribution in [0, 0.1) is 0 Å². The molecule has 0 atom stereocenters. The van der Waals surface area contributed by atoms with Crippen molar-refractivity contribution in [2.45, 2.75) is 26.0 Å². The van der Waals surface area contributed by atoms with Gasteiger partial charge in [-0.1, -0.05) is 12.1 Å². The summed E-state index contributed by atoms with van der Waals surface area (Å²) in [6.07, 6.45) is 0. The van der Waals surface area contributed by atoms with E-state index in [0.717, 1.165) is 5.56 Å². The molecule has 0 saturated carbocycles. The van der Waals surface area contributed by atoms with Crippen LogP contribution in [0.1, 0.15) is 19.4 Å². The molecule has 0 bridgehead atoms. The molecule has 3 nitrogen and oxygen atoms in total. The Morgan fingerprint density at radius 3 is 2.64 bits per heavy atom. The summed E-state index contributed by atoms with van der Waals surface area (Å²) in [5.41, 5.74) is 0.311. The topological polar surface area (TPSA) is 52.5 Å². The average molecular weight is 195 g/mol. The molecule has 78 valence electrons. The number of phenolic OH excluding ortho intramolecular Hbond substituents is 1. The minimum Gasteiger partial charge on any atom is -0.508 e. The molecule has 0 aliphatic carbocycles. The number of phenols is 1. The molecule has 3 N–H and O–H groups in total. The van der Waals surface area contributed by atoms with E-state index in [-0.39, 0.29) is 5.75 Å². The van der Waals surface area contributed by atoms with Crippen LogP contribution in [0.3, 0.4) is 0 Å². The Morgan fingerprint density at radius 2 is 2.07 bits per heavy atom. The van der Waals surface area contributed by atoms with Gasteiger partial charge in [0.2, 0.25) is 0 Å². The first-order valence-electron chi connectivity index (χ1n) is 4.68. The zero-order chi connectivity index (χ0) is 10.6. The highest BCUT2D eigenvalue weighted by atomic mass is 16.3. The first-order valence-corrected chi connectivity index (χ1v) is 4.68. The molecule has 3 heteroatoms. The van der Waals surface area contributed by atoms with Crippen molar-refractivity contribution >= 4 is 0 Å². The number of hydrogen-bond donors (Lipinski definition) is 3. The quantitative estimate of drug-likeness (QED) is 0.677. The van der Waals surface area contributed by atoms with Gasteiger partial charge in [-0.25, -0.2) is 0 Å². The molecule has 0 unspecified atom stereocenters. The van der Waals surface area contributed by atoms with Gasteiger partial charge < -0.3 is 15.5 Å². The molecule has 0 spiro atoms. The molecule has 0 heterocycles. The van der Waals surface area contributed by atoms with Gasteiger partial charge in [0, 0.05) is 13.1 Å². The smallest absolute Gasteiger partial charge is 0.115 e. The lowest BCUT2D eigenvalue weighted by Gasteiger charge is -2.17. The third-order valence-electron chi connectivity index (χ3n) is 1.80. The second kappa shape index (κ2) is 4.44. The summed E-state index contributed by atoms with van der Waals surface area (Å²) in [6.45, 7) is 4.69. The summed E-state index contributed by atoms with van der Waals surface area (Å²) >= 11 is 0. The van der Waals surface area contributed by atoms with E-state index in [0.29, 0.717) is 13.1 Å². The van der Waals surface area contributed by atoms with Crippen LogP contribution in [0.5, 0.6) is 5.75 Å². The molecule has 14 heavy (non-hydrogen) atoms. The third kappa shape index (κ3) is 4.25. The van der Waals surface area contributed by atoms with Gasteiger partial charge in [-0.05, 0) is 31.5 Å². The first-order chi connectivity index (χ1) is 6.47. The van der Waals surface area contributed by atoms with E-state index < -0.39 is 5.60 Å². The van der Waals surface area contributed by atoms with Gasteiger partial charge >= 0.3 is 0 Å². The second-order valence-electron chi connectivity index (χ2n) is 4.09. The molecule has 0 fully saturated rings. The summed E-state index contributed by atoms with van der Waals surface area (Å²) in [6, 6.07) is 7.07.